The lowest BCUT2D eigenvalue weighted by Gasteiger charge is -2.28. The molecule has 1 aromatic heterocycles. The van der Waals surface area contributed by atoms with Crippen LogP contribution in [0.2, 0.25) is 0 Å². The summed E-state index contributed by atoms with van der Waals surface area (Å²) in [4.78, 5) is 118. The molecule has 2 heterocycles. The summed E-state index contributed by atoms with van der Waals surface area (Å²) in [6.45, 7) is 7.56. The standard InChI is InChI=1S/C47H77N10O11PS/c1-31(2)28-36(54-47(64)38-21-17-26-57(38)40(58)22-14-10-15-23-51-44(61)35(48)30-70)46(63)53-37(45(62)52-32(3)43(60)55-41(42(49)59)33(4)68-69(65,66)67)29-39-50-24-27-56(39)25-16-8-6-5-7-11-18-34-19-12-9-13-20-34/h9,12-13,19-20,24,27,31-33,35-38,41,70H,5-8,10-11,14-18,21-23,25-26,28-30,48H2,1-4H3,(H2,49,59)(H,51,61)(H,52,62)(H,53,63)(H,54,64)(H,55,60)(H2,65,66,67)/t32-,33+,35-,36-,37-,38-,41-/m0/s1. The molecule has 0 radical (unpaired) electrons. The van der Waals surface area contributed by atoms with Crippen molar-refractivity contribution in [2.75, 3.05) is 18.8 Å². The fourth-order valence-electron chi connectivity index (χ4n) is 8.17. The van der Waals surface area contributed by atoms with E-state index in [1.807, 2.05) is 36.6 Å². The lowest BCUT2D eigenvalue weighted by molar-refractivity contribution is -0.140. The van der Waals surface area contributed by atoms with Gasteiger partial charge >= 0.3 is 7.82 Å². The van der Waals surface area contributed by atoms with Crippen LogP contribution in [0.1, 0.15) is 123 Å². The first kappa shape index (κ1) is 59.4. The average molecular weight is 1020 g/mol. The number of carbonyl (C=O) groups excluding carboxylic acids is 7. The van der Waals surface area contributed by atoms with Crippen LogP contribution in [0, 0.1) is 5.92 Å². The Bertz CT molecular complexity index is 2040. The van der Waals surface area contributed by atoms with Gasteiger partial charge in [0.2, 0.25) is 41.4 Å². The number of phosphoric ester groups is 1. The zero-order valence-corrected chi connectivity index (χ0v) is 42.8. The molecule has 0 saturated carbocycles. The first-order valence-corrected chi connectivity index (χ1v) is 26.6. The number of amides is 7. The van der Waals surface area contributed by atoms with Crippen molar-refractivity contribution in [3.05, 3.63) is 54.1 Å². The number of aryl methyl sites for hydroxylation is 2. The van der Waals surface area contributed by atoms with Crippen LogP contribution in [-0.2, 0) is 62.0 Å². The number of benzene rings is 1. The van der Waals surface area contributed by atoms with Crippen molar-refractivity contribution in [3.8, 4) is 0 Å². The number of imidazole rings is 1. The maximum atomic E-state index is 14.3. The molecule has 0 unspecified atom stereocenters. The van der Waals surface area contributed by atoms with Gasteiger partial charge in [0.05, 0.1) is 12.1 Å². The summed E-state index contributed by atoms with van der Waals surface area (Å²) in [7, 11) is -5.08. The molecule has 23 heteroatoms. The van der Waals surface area contributed by atoms with Crippen molar-refractivity contribution in [2.45, 2.75) is 173 Å². The highest BCUT2D eigenvalue weighted by Gasteiger charge is 2.37. The summed E-state index contributed by atoms with van der Waals surface area (Å²) in [5, 5.41) is 13.2. The van der Waals surface area contributed by atoms with Gasteiger partial charge in [0.25, 0.3) is 0 Å². The van der Waals surface area contributed by atoms with Crippen LogP contribution in [0.5, 0.6) is 0 Å². The monoisotopic (exact) mass is 1020 g/mol. The van der Waals surface area contributed by atoms with Crippen molar-refractivity contribution >= 4 is 61.8 Å². The summed E-state index contributed by atoms with van der Waals surface area (Å²) < 4.78 is 17.9. The molecule has 7 amide bonds. The fourth-order valence-corrected chi connectivity index (χ4v) is 8.89. The molecule has 392 valence electrons. The Kier molecular flexibility index (Phi) is 26.1. The highest BCUT2D eigenvalue weighted by atomic mass is 32.1. The van der Waals surface area contributed by atoms with Crippen molar-refractivity contribution in [1.29, 1.82) is 0 Å². The van der Waals surface area contributed by atoms with Crippen molar-refractivity contribution in [2.24, 2.45) is 17.4 Å². The molecule has 2 aromatic rings. The van der Waals surface area contributed by atoms with E-state index < -0.39 is 79.7 Å². The number of likely N-dealkylation sites (tertiary alicyclic amines) is 1. The van der Waals surface area contributed by atoms with Gasteiger partial charge in [-0.25, -0.2) is 9.55 Å². The second-order valence-corrected chi connectivity index (χ2v) is 20.0. The van der Waals surface area contributed by atoms with Crippen molar-refractivity contribution in [3.63, 3.8) is 0 Å². The van der Waals surface area contributed by atoms with E-state index in [0.717, 1.165) is 51.9 Å². The maximum Gasteiger partial charge on any atom is 0.469 e. The largest absolute Gasteiger partial charge is 0.469 e. The summed E-state index contributed by atoms with van der Waals surface area (Å²) in [6.07, 6.45) is 12.2. The highest BCUT2D eigenvalue weighted by Crippen LogP contribution is 2.38. The number of unbranched alkanes of at least 4 members (excludes halogenated alkanes) is 7. The summed E-state index contributed by atoms with van der Waals surface area (Å²) in [5.41, 5.74) is 12.4. The SMILES string of the molecule is CC(C)C[C@H](NC(=O)[C@@H]1CCCN1C(=O)CCCCCNC(=O)[C@@H](N)CS)C(=O)N[C@@H](Cc1nccn1CCCCCCCCc1ccccc1)C(=O)N[C@@H](C)C(=O)N[C@H](C(N)=O)[C@@H](C)OP(=O)(O)O. The van der Waals surface area contributed by atoms with E-state index in [9.17, 15) is 47.9 Å². The molecule has 1 saturated heterocycles. The zero-order chi connectivity index (χ0) is 51.8. The third kappa shape index (κ3) is 21.6. The summed E-state index contributed by atoms with van der Waals surface area (Å²) in [6, 6.07) is 3.39. The van der Waals surface area contributed by atoms with E-state index in [0.29, 0.717) is 57.6 Å². The molecule has 0 bridgehead atoms. The Morgan fingerprint density at radius 2 is 1.50 bits per heavy atom. The van der Waals surface area contributed by atoms with Crippen LogP contribution in [0.25, 0.3) is 0 Å². The average Bonchev–Trinajstić information content (AvgIpc) is 3.99. The number of phosphoric acid groups is 1. The quantitative estimate of drug-likeness (QED) is 0.0278. The van der Waals surface area contributed by atoms with Gasteiger partial charge in [-0.3, -0.25) is 38.1 Å². The summed E-state index contributed by atoms with van der Waals surface area (Å²) in [5.74, 6) is -3.95. The van der Waals surface area contributed by atoms with Crippen molar-refractivity contribution < 1.29 is 52.4 Å². The molecule has 1 aliphatic heterocycles. The lowest BCUT2D eigenvalue weighted by Crippen LogP contribution is -2.60. The summed E-state index contributed by atoms with van der Waals surface area (Å²) >= 11 is 4.03. The Labute approximate surface area is 417 Å². The molecule has 1 aliphatic rings. The van der Waals surface area contributed by atoms with Crippen LogP contribution in [0.4, 0.5) is 0 Å². The van der Waals surface area contributed by atoms with Gasteiger partial charge in [0.1, 0.15) is 36.0 Å². The fraction of sp³-hybridized carbons (Fsp3) is 0.660. The first-order valence-electron chi connectivity index (χ1n) is 24.4. The Morgan fingerprint density at radius 3 is 2.16 bits per heavy atom. The van der Waals surface area contributed by atoms with E-state index >= 15 is 0 Å². The topological polar surface area (TPSA) is 320 Å². The number of hydrogen-bond acceptors (Lipinski definition) is 12. The van der Waals surface area contributed by atoms with Gasteiger partial charge in [-0.05, 0) is 76.7 Å². The van der Waals surface area contributed by atoms with E-state index in [1.165, 1.54) is 17.4 Å². The molecule has 1 aromatic carbocycles. The highest BCUT2D eigenvalue weighted by molar-refractivity contribution is 7.80. The maximum absolute atomic E-state index is 14.3. The van der Waals surface area contributed by atoms with Crippen LogP contribution in [0.3, 0.4) is 0 Å². The number of rotatable bonds is 33. The molecule has 1 fully saturated rings. The van der Waals surface area contributed by atoms with Gasteiger partial charge in [0.15, 0.2) is 0 Å². The molecule has 0 aliphatic carbocycles. The van der Waals surface area contributed by atoms with Crippen LogP contribution >= 0.6 is 20.5 Å². The van der Waals surface area contributed by atoms with Crippen LogP contribution in [0.15, 0.2) is 42.7 Å². The van der Waals surface area contributed by atoms with Crippen LogP contribution in [-0.4, -0.2) is 127 Å². The number of aromatic nitrogens is 2. The van der Waals surface area contributed by atoms with E-state index in [1.54, 1.807) is 12.4 Å². The number of nitrogens with zero attached hydrogens (tertiary/aromatic N) is 3. The molecule has 3 rings (SSSR count). The smallest absolute Gasteiger partial charge is 0.368 e. The second-order valence-electron chi connectivity index (χ2n) is 18.4. The molecule has 0 spiro atoms. The molecular formula is C47H77N10O11PS. The van der Waals surface area contributed by atoms with E-state index in [4.69, 9.17) is 11.5 Å². The molecule has 70 heavy (non-hydrogen) atoms. The predicted octanol–water partition coefficient (Wildman–Crippen LogP) is 1.92. The van der Waals surface area contributed by atoms with Crippen molar-refractivity contribution in [1.82, 2.24) is 41.0 Å². The van der Waals surface area contributed by atoms with Crippen LogP contribution < -0.4 is 38.1 Å². The first-order chi connectivity index (χ1) is 33.2. The van der Waals surface area contributed by atoms with E-state index in [-0.39, 0.29) is 42.7 Å². The molecule has 11 N–H and O–H groups in total. The second kappa shape index (κ2) is 30.8. The number of primary amides is 1. The normalized spacial score (nSPS) is 16.4. The Morgan fingerprint density at radius 1 is 0.843 bits per heavy atom. The number of nitrogens with two attached hydrogens (primary N) is 2. The van der Waals surface area contributed by atoms with Gasteiger partial charge in [-0.1, -0.05) is 76.3 Å². The predicted molar refractivity (Wildman–Crippen MR) is 266 cm³/mol. The number of nitrogens with one attached hydrogen (secondary N) is 5. The third-order valence-electron chi connectivity index (χ3n) is 12.0. The third-order valence-corrected chi connectivity index (χ3v) is 13.0. The number of carbonyl (C=O) groups is 7. The van der Waals surface area contributed by atoms with Gasteiger partial charge in [-0.15, -0.1) is 0 Å². The van der Waals surface area contributed by atoms with Gasteiger partial charge in [-0.2, -0.15) is 12.6 Å². The Balaban J connectivity index is 1.71. The molecule has 7 atom stereocenters. The minimum atomic E-state index is -5.08. The minimum absolute atomic E-state index is 0.0929. The minimum Gasteiger partial charge on any atom is -0.368 e. The lowest BCUT2D eigenvalue weighted by atomic mass is 10.0. The number of thiol groups is 1. The van der Waals surface area contributed by atoms with Gasteiger partial charge in [0, 0.05) is 50.6 Å². The zero-order valence-electron chi connectivity index (χ0n) is 41.1. The van der Waals surface area contributed by atoms with E-state index in [2.05, 4.69) is 60.9 Å². The van der Waals surface area contributed by atoms with Gasteiger partial charge < -0.3 is 57.3 Å². The molecule has 21 nitrogen and oxygen atoms in total. The molecular weight excluding hydrogens is 944 g/mol. The Hall–Kier alpha value is -4.86. The number of hydrogen-bond donors (Lipinski definition) is 10.